The van der Waals surface area contributed by atoms with E-state index in [0.717, 1.165) is 0 Å². The van der Waals surface area contributed by atoms with Crippen molar-refractivity contribution in [1.29, 1.82) is 0 Å². The Kier molecular flexibility index (Phi) is 4.00. The van der Waals surface area contributed by atoms with Crippen LogP contribution in [0.2, 0.25) is 0 Å². The highest BCUT2D eigenvalue weighted by molar-refractivity contribution is 5.75. The van der Waals surface area contributed by atoms with Gasteiger partial charge in [0.05, 0.1) is 6.54 Å². The molecule has 0 bridgehead atoms. The lowest BCUT2D eigenvalue weighted by molar-refractivity contribution is -0.157. The number of hydrogen-bond donors (Lipinski definition) is 1. The zero-order valence-electron chi connectivity index (χ0n) is 9.98. The number of ether oxygens (including phenoxy) is 1. The summed E-state index contributed by atoms with van der Waals surface area (Å²) in [5, 5.41) is 6.57. The third-order valence-corrected chi connectivity index (χ3v) is 1.73. The van der Waals surface area contributed by atoms with Gasteiger partial charge in [-0.05, 0) is 27.7 Å². The van der Waals surface area contributed by atoms with E-state index >= 15 is 0 Å². The van der Waals surface area contributed by atoms with Crippen molar-refractivity contribution in [1.82, 2.24) is 15.5 Å². The molecule has 1 rings (SSSR count). The molecule has 0 aliphatic carbocycles. The second-order valence-corrected chi connectivity index (χ2v) is 4.48. The van der Waals surface area contributed by atoms with Crippen molar-refractivity contribution < 1.29 is 14.1 Å². The molecule has 0 aromatic carbocycles. The molecular weight excluding hydrogens is 210 g/mol. The van der Waals surface area contributed by atoms with Crippen LogP contribution in [-0.2, 0) is 16.1 Å². The number of carbonyl (C=O) groups is 1. The molecule has 6 nitrogen and oxygen atoms in total. The Hall–Kier alpha value is -1.43. The maximum Gasteiger partial charge on any atom is 0.323 e. The van der Waals surface area contributed by atoms with Crippen LogP contribution in [-0.4, -0.2) is 27.8 Å². The van der Waals surface area contributed by atoms with Crippen LogP contribution >= 0.6 is 0 Å². The van der Waals surface area contributed by atoms with Gasteiger partial charge in [-0.2, -0.15) is 4.98 Å². The summed E-state index contributed by atoms with van der Waals surface area (Å²) in [7, 11) is 0. The van der Waals surface area contributed by atoms with Gasteiger partial charge >= 0.3 is 5.97 Å². The molecule has 1 aromatic heterocycles. The van der Waals surface area contributed by atoms with Gasteiger partial charge in [0.2, 0.25) is 6.39 Å². The molecule has 0 aliphatic heterocycles. The zero-order valence-corrected chi connectivity index (χ0v) is 9.98. The van der Waals surface area contributed by atoms with E-state index in [0.29, 0.717) is 12.4 Å². The molecule has 0 radical (unpaired) electrons. The predicted molar refractivity (Wildman–Crippen MR) is 56.4 cm³/mol. The summed E-state index contributed by atoms with van der Waals surface area (Å²) in [6.45, 7) is 7.59. The van der Waals surface area contributed by atoms with Crippen molar-refractivity contribution in [3.63, 3.8) is 0 Å². The number of rotatable bonds is 4. The fourth-order valence-electron chi connectivity index (χ4n) is 0.988. The molecular formula is C10H17N3O3. The van der Waals surface area contributed by atoms with Gasteiger partial charge in [0.15, 0.2) is 5.82 Å². The third kappa shape index (κ3) is 4.39. The molecule has 1 N–H and O–H groups in total. The van der Waals surface area contributed by atoms with Crippen molar-refractivity contribution in [3.05, 3.63) is 12.2 Å². The van der Waals surface area contributed by atoms with E-state index in [1.807, 2.05) is 20.8 Å². The van der Waals surface area contributed by atoms with Crippen LogP contribution in [0.1, 0.15) is 33.5 Å². The van der Waals surface area contributed by atoms with Gasteiger partial charge < -0.3 is 9.26 Å². The molecule has 0 aliphatic rings. The lowest BCUT2D eigenvalue weighted by Gasteiger charge is -2.22. The first-order valence-corrected chi connectivity index (χ1v) is 5.10. The van der Waals surface area contributed by atoms with Crippen molar-refractivity contribution in [2.75, 3.05) is 0 Å². The summed E-state index contributed by atoms with van der Waals surface area (Å²) in [5.74, 6) is 0.214. The molecule has 16 heavy (non-hydrogen) atoms. The topological polar surface area (TPSA) is 77.3 Å². The standard InChI is InChI=1S/C10H17N3O3/c1-7(9(14)16-10(2,3)4)11-5-8-12-6-15-13-8/h6-7,11H,5H2,1-4H3. The van der Waals surface area contributed by atoms with Crippen LogP contribution in [0.5, 0.6) is 0 Å². The van der Waals surface area contributed by atoms with E-state index in [-0.39, 0.29) is 5.97 Å². The Labute approximate surface area is 94.4 Å². The lowest BCUT2D eigenvalue weighted by atomic mass is 10.2. The van der Waals surface area contributed by atoms with E-state index in [4.69, 9.17) is 4.74 Å². The number of nitrogens with zero attached hydrogens (tertiary/aromatic N) is 2. The van der Waals surface area contributed by atoms with Crippen LogP contribution in [0.3, 0.4) is 0 Å². The number of nitrogens with one attached hydrogen (secondary N) is 1. The highest BCUT2D eigenvalue weighted by atomic mass is 16.6. The zero-order chi connectivity index (χ0) is 12.2. The maximum absolute atomic E-state index is 11.6. The maximum atomic E-state index is 11.6. The summed E-state index contributed by atoms with van der Waals surface area (Å²) in [5.41, 5.74) is -0.473. The van der Waals surface area contributed by atoms with E-state index in [1.54, 1.807) is 6.92 Å². The molecule has 0 amide bonds. The highest BCUT2D eigenvalue weighted by Gasteiger charge is 2.21. The lowest BCUT2D eigenvalue weighted by Crippen LogP contribution is -2.39. The van der Waals surface area contributed by atoms with E-state index in [1.165, 1.54) is 6.39 Å². The second kappa shape index (κ2) is 5.07. The minimum Gasteiger partial charge on any atom is -0.459 e. The summed E-state index contributed by atoms with van der Waals surface area (Å²) < 4.78 is 9.77. The summed E-state index contributed by atoms with van der Waals surface area (Å²) in [6.07, 6.45) is 1.25. The van der Waals surface area contributed by atoms with E-state index < -0.39 is 11.6 Å². The van der Waals surface area contributed by atoms with Crippen molar-refractivity contribution in [2.24, 2.45) is 0 Å². The average molecular weight is 227 g/mol. The quantitative estimate of drug-likeness (QED) is 0.770. The first kappa shape index (κ1) is 12.6. The monoisotopic (exact) mass is 227 g/mol. The first-order chi connectivity index (χ1) is 7.38. The van der Waals surface area contributed by atoms with Crippen LogP contribution in [0.25, 0.3) is 0 Å². The molecule has 6 heteroatoms. The minimum absolute atomic E-state index is 0.295. The van der Waals surface area contributed by atoms with Gasteiger partial charge in [-0.15, -0.1) is 0 Å². The molecule has 90 valence electrons. The summed E-state index contributed by atoms with van der Waals surface area (Å²) >= 11 is 0. The fraction of sp³-hybridized carbons (Fsp3) is 0.700. The van der Waals surface area contributed by atoms with Gasteiger partial charge in [0.25, 0.3) is 0 Å². The summed E-state index contributed by atoms with van der Waals surface area (Å²) in [4.78, 5) is 15.4. The van der Waals surface area contributed by atoms with Crippen LogP contribution in [0.15, 0.2) is 10.9 Å². The first-order valence-electron chi connectivity index (χ1n) is 5.10. The van der Waals surface area contributed by atoms with Crippen LogP contribution in [0, 0.1) is 0 Å². The van der Waals surface area contributed by atoms with Crippen LogP contribution in [0.4, 0.5) is 0 Å². The molecule has 1 atom stereocenters. The fourth-order valence-corrected chi connectivity index (χ4v) is 0.988. The SMILES string of the molecule is CC(NCc1ncon1)C(=O)OC(C)(C)C. The average Bonchev–Trinajstić information content (AvgIpc) is 2.63. The van der Waals surface area contributed by atoms with Crippen molar-refractivity contribution >= 4 is 5.97 Å². The Morgan fingerprint density at radius 2 is 2.31 bits per heavy atom. The number of esters is 1. The molecule has 0 spiro atoms. The normalized spacial score (nSPS) is 13.5. The van der Waals surface area contributed by atoms with Gasteiger partial charge in [-0.1, -0.05) is 5.16 Å². The molecule has 1 aromatic rings. The third-order valence-electron chi connectivity index (χ3n) is 1.73. The molecule has 1 heterocycles. The smallest absolute Gasteiger partial charge is 0.323 e. The second-order valence-electron chi connectivity index (χ2n) is 4.48. The number of carbonyl (C=O) groups excluding carboxylic acids is 1. The predicted octanol–water partition coefficient (Wildman–Crippen LogP) is 0.889. The molecule has 0 fully saturated rings. The Morgan fingerprint density at radius 3 is 2.81 bits per heavy atom. The van der Waals surface area contributed by atoms with Crippen LogP contribution < -0.4 is 5.32 Å². The van der Waals surface area contributed by atoms with Gasteiger partial charge in [-0.3, -0.25) is 10.1 Å². The van der Waals surface area contributed by atoms with Gasteiger partial charge in [0, 0.05) is 0 Å². The Morgan fingerprint density at radius 1 is 1.62 bits per heavy atom. The largest absolute Gasteiger partial charge is 0.459 e. The molecule has 0 saturated carbocycles. The van der Waals surface area contributed by atoms with Crippen molar-refractivity contribution in [2.45, 2.75) is 45.9 Å². The Bertz CT molecular complexity index is 330. The van der Waals surface area contributed by atoms with Gasteiger partial charge in [0.1, 0.15) is 11.6 Å². The Balaban J connectivity index is 2.35. The van der Waals surface area contributed by atoms with E-state index in [2.05, 4.69) is 20.0 Å². The highest BCUT2D eigenvalue weighted by Crippen LogP contribution is 2.08. The van der Waals surface area contributed by atoms with E-state index in [9.17, 15) is 4.79 Å². The van der Waals surface area contributed by atoms with Crippen molar-refractivity contribution in [3.8, 4) is 0 Å². The number of aromatic nitrogens is 2. The molecule has 1 unspecified atom stereocenters. The number of hydrogen-bond acceptors (Lipinski definition) is 6. The van der Waals surface area contributed by atoms with Gasteiger partial charge in [-0.25, -0.2) is 0 Å². The minimum atomic E-state index is -0.473. The summed E-state index contributed by atoms with van der Waals surface area (Å²) in [6, 6.07) is -0.405. The molecule has 0 saturated heterocycles.